The van der Waals surface area contributed by atoms with Crippen molar-refractivity contribution in [2.75, 3.05) is 13.1 Å². The summed E-state index contributed by atoms with van der Waals surface area (Å²) in [5, 5.41) is 7.85. The quantitative estimate of drug-likeness (QED) is 0.303. The zero-order valence-corrected chi connectivity index (χ0v) is 19.8. The molecule has 5 nitrogen and oxygen atoms in total. The maximum atomic E-state index is 5.67. The Morgan fingerprint density at radius 3 is 2.52 bits per heavy atom. The molecule has 150 valence electrons. The van der Waals surface area contributed by atoms with Gasteiger partial charge >= 0.3 is 0 Å². The highest BCUT2D eigenvalue weighted by atomic mass is 127. The van der Waals surface area contributed by atoms with Gasteiger partial charge in [-0.05, 0) is 44.9 Å². The number of hydrogen-bond donors (Lipinski definition) is 2. The van der Waals surface area contributed by atoms with Crippen LogP contribution in [0.1, 0.15) is 43.1 Å². The largest absolute Gasteiger partial charge is 0.491 e. The van der Waals surface area contributed by atoms with E-state index in [1.807, 2.05) is 32.2 Å². The molecule has 1 aromatic carbocycles. The summed E-state index contributed by atoms with van der Waals surface area (Å²) in [6.07, 6.45) is 4.13. The van der Waals surface area contributed by atoms with Gasteiger partial charge in [-0.15, -0.1) is 35.3 Å². The van der Waals surface area contributed by atoms with Gasteiger partial charge < -0.3 is 15.4 Å². The molecule has 0 spiro atoms. The Hall–Kier alpha value is -1.35. The van der Waals surface area contributed by atoms with Crippen LogP contribution < -0.4 is 15.4 Å². The van der Waals surface area contributed by atoms with Crippen LogP contribution in [0.15, 0.2) is 35.5 Å². The van der Waals surface area contributed by atoms with Crippen LogP contribution in [0.2, 0.25) is 0 Å². The summed E-state index contributed by atoms with van der Waals surface area (Å²) in [7, 11) is 0. The Kier molecular flexibility index (Phi) is 11.3. The lowest BCUT2D eigenvalue weighted by atomic mass is 10.2. The average Bonchev–Trinajstić information content (AvgIpc) is 3.08. The molecule has 2 aromatic rings. The smallest absolute Gasteiger partial charge is 0.191 e. The predicted molar refractivity (Wildman–Crippen MR) is 126 cm³/mol. The first-order valence-corrected chi connectivity index (χ1v) is 10.1. The number of nitrogens with one attached hydrogen (secondary N) is 2. The first-order valence-electron chi connectivity index (χ1n) is 9.32. The highest BCUT2D eigenvalue weighted by Crippen LogP contribution is 2.15. The van der Waals surface area contributed by atoms with Crippen LogP contribution >= 0.6 is 35.3 Å². The lowest BCUT2D eigenvalue weighted by molar-refractivity contribution is 0.242. The Bertz CT molecular complexity index is 686. The molecule has 0 aliphatic carbocycles. The van der Waals surface area contributed by atoms with Gasteiger partial charge in [0.1, 0.15) is 5.75 Å². The maximum absolute atomic E-state index is 5.67. The van der Waals surface area contributed by atoms with Crippen LogP contribution in [0, 0.1) is 0 Å². The molecule has 0 amide bonds. The summed E-state index contributed by atoms with van der Waals surface area (Å²) in [4.78, 5) is 10.5. The van der Waals surface area contributed by atoms with E-state index in [9.17, 15) is 0 Å². The molecule has 0 aliphatic rings. The highest BCUT2D eigenvalue weighted by Gasteiger charge is 2.03. The molecular formula is C20H31IN4OS. The van der Waals surface area contributed by atoms with Gasteiger partial charge in [0.2, 0.25) is 0 Å². The number of halogens is 1. The minimum Gasteiger partial charge on any atom is -0.491 e. The topological polar surface area (TPSA) is 58.5 Å². The van der Waals surface area contributed by atoms with E-state index in [1.165, 1.54) is 9.88 Å². The maximum Gasteiger partial charge on any atom is 0.191 e. The number of rotatable bonds is 9. The number of guanidine groups is 1. The van der Waals surface area contributed by atoms with Crippen LogP contribution in [0.4, 0.5) is 0 Å². The Morgan fingerprint density at radius 2 is 1.93 bits per heavy atom. The fourth-order valence-electron chi connectivity index (χ4n) is 2.37. The van der Waals surface area contributed by atoms with Gasteiger partial charge in [0, 0.05) is 30.6 Å². The molecule has 0 bridgehead atoms. The van der Waals surface area contributed by atoms with Crippen LogP contribution in [0.3, 0.4) is 0 Å². The lowest BCUT2D eigenvalue weighted by Gasteiger charge is -2.11. The van der Waals surface area contributed by atoms with Gasteiger partial charge in [-0.2, -0.15) is 0 Å². The number of benzene rings is 1. The molecule has 2 N–H and O–H groups in total. The summed E-state index contributed by atoms with van der Waals surface area (Å²) in [6, 6.07) is 8.12. The Morgan fingerprint density at radius 1 is 1.19 bits per heavy atom. The Balaban J connectivity index is 0.00000364. The van der Waals surface area contributed by atoms with Crippen molar-refractivity contribution in [1.29, 1.82) is 0 Å². The molecular weight excluding hydrogens is 471 g/mol. The van der Waals surface area contributed by atoms with E-state index >= 15 is 0 Å². The molecule has 0 radical (unpaired) electrons. The van der Waals surface area contributed by atoms with Crippen molar-refractivity contribution in [3.63, 3.8) is 0 Å². The van der Waals surface area contributed by atoms with Crippen LogP contribution in [-0.2, 0) is 19.4 Å². The summed E-state index contributed by atoms with van der Waals surface area (Å²) in [6.45, 7) is 10.6. The van der Waals surface area contributed by atoms with Crippen molar-refractivity contribution in [1.82, 2.24) is 15.6 Å². The van der Waals surface area contributed by atoms with E-state index in [-0.39, 0.29) is 30.1 Å². The van der Waals surface area contributed by atoms with E-state index in [1.54, 1.807) is 11.3 Å². The van der Waals surface area contributed by atoms with E-state index < -0.39 is 0 Å². The SMILES string of the molecule is CCNC(=NCc1ccc(OC(C)C)cc1)NCCc1ncc(CC)s1.I. The van der Waals surface area contributed by atoms with Gasteiger partial charge in [0.25, 0.3) is 0 Å². The lowest BCUT2D eigenvalue weighted by Crippen LogP contribution is -2.38. The van der Waals surface area contributed by atoms with Crippen molar-refractivity contribution in [3.05, 3.63) is 45.9 Å². The van der Waals surface area contributed by atoms with Crippen molar-refractivity contribution < 1.29 is 4.74 Å². The molecule has 2 rings (SSSR count). The van der Waals surface area contributed by atoms with Gasteiger partial charge in [0.15, 0.2) is 5.96 Å². The number of nitrogens with zero attached hydrogens (tertiary/aromatic N) is 2. The van der Waals surface area contributed by atoms with Gasteiger partial charge in [-0.1, -0.05) is 19.1 Å². The van der Waals surface area contributed by atoms with Crippen molar-refractivity contribution in [3.8, 4) is 5.75 Å². The second-order valence-corrected chi connectivity index (χ2v) is 7.46. The first kappa shape index (κ1) is 23.7. The van der Waals surface area contributed by atoms with E-state index in [0.717, 1.165) is 43.2 Å². The monoisotopic (exact) mass is 502 g/mol. The normalized spacial score (nSPS) is 11.2. The third-order valence-corrected chi connectivity index (χ3v) is 4.84. The molecule has 7 heteroatoms. The summed E-state index contributed by atoms with van der Waals surface area (Å²) in [5.74, 6) is 1.73. The van der Waals surface area contributed by atoms with Crippen LogP contribution in [0.5, 0.6) is 5.75 Å². The third kappa shape index (κ3) is 8.92. The molecule has 0 aliphatic heterocycles. The van der Waals surface area contributed by atoms with Crippen LogP contribution in [0.25, 0.3) is 0 Å². The fraction of sp³-hybridized carbons (Fsp3) is 0.500. The predicted octanol–water partition coefficient (Wildman–Crippen LogP) is 4.41. The number of aliphatic imine (C=N–C) groups is 1. The van der Waals surface area contributed by atoms with Crippen molar-refractivity contribution in [2.24, 2.45) is 4.99 Å². The molecule has 0 saturated carbocycles. The van der Waals surface area contributed by atoms with Gasteiger partial charge in [-0.25, -0.2) is 9.98 Å². The molecule has 1 aromatic heterocycles. The molecule has 0 unspecified atom stereocenters. The highest BCUT2D eigenvalue weighted by molar-refractivity contribution is 14.0. The molecule has 1 heterocycles. The third-order valence-electron chi connectivity index (χ3n) is 3.64. The second kappa shape index (κ2) is 12.9. The summed E-state index contributed by atoms with van der Waals surface area (Å²) < 4.78 is 5.67. The number of aryl methyl sites for hydroxylation is 1. The molecule has 27 heavy (non-hydrogen) atoms. The van der Waals surface area contributed by atoms with Crippen molar-refractivity contribution >= 4 is 41.3 Å². The van der Waals surface area contributed by atoms with Gasteiger partial charge in [0.05, 0.1) is 17.7 Å². The molecule has 0 atom stereocenters. The zero-order chi connectivity index (χ0) is 18.8. The molecule has 0 saturated heterocycles. The number of aromatic nitrogens is 1. The summed E-state index contributed by atoms with van der Waals surface area (Å²) >= 11 is 1.79. The first-order chi connectivity index (χ1) is 12.6. The number of hydrogen-bond acceptors (Lipinski definition) is 4. The van der Waals surface area contributed by atoms with Gasteiger partial charge in [-0.3, -0.25) is 0 Å². The summed E-state index contributed by atoms with van der Waals surface area (Å²) in [5.41, 5.74) is 1.16. The minimum atomic E-state index is 0. The van der Waals surface area contributed by atoms with E-state index in [2.05, 4.69) is 46.6 Å². The van der Waals surface area contributed by atoms with Crippen molar-refractivity contribution in [2.45, 2.75) is 53.2 Å². The Labute approximate surface area is 184 Å². The van der Waals surface area contributed by atoms with E-state index in [4.69, 9.17) is 4.74 Å². The fourth-order valence-corrected chi connectivity index (χ4v) is 3.23. The minimum absolute atomic E-state index is 0. The van der Waals surface area contributed by atoms with Crippen LogP contribution in [-0.4, -0.2) is 30.1 Å². The average molecular weight is 502 g/mol. The standard InChI is InChI=1S/C20H30N4OS.HI/c1-5-18-14-23-19(26-18)11-12-22-20(21-6-2)24-13-16-7-9-17(10-8-16)25-15(3)4;/h7-10,14-15H,5-6,11-13H2,1-4H3,(H2,21,22,24);1H. The molecule has 0 fully saturated rings. The zero-order valence-electron chi connectivity index (χ0n) is 16.6. The van der Waals surface area contributed by atoms with E-state index in [0.29, 0.717) is 6.54 Å². The second-order valence-electron chi connectivity index (χ2n) is 6.26. The number of thiazole rings is 1. The number of ether oxygens (including phenoxy) is 1.